The van der Waals surface area contributed by atoms with E-state index in [0.717, 1.165) is 19.3 Å². The van der Waals surface area contributed by atoms with Gasteiger partial charge in [-0.2, -0.15) is 0 Å². The van der Waals surface area contributed by atoms with E-state index < -0.39 is 37.5 Å². The summed E-state index contributed by atoms with van der Waals surface area (Å²) >= 11 is 0. The molecule has 0 saturated heterocycles. The number of rotatable bonds is 11. The zero-order chi connectivity index (χ0) is 16.5. The average molecular weight is 320 g/mol. The number of ether oxygens (including phenoxy) is 3. The van der Waals surface area contributed by atoms with Gasteiger partial charge in [0.25, 0.3) is 0 Å². The smallest absolute Gasteiger partial charge is 0.378 e. The van der Waals surface area contributed by atoms with Crippen LogP contribution in [0.15, 0.2) is 11.5 Å². The number of unbranched alkanes of at least 4 members (excludes halogenated alkanes) is 2. The van der Waals surface area contributed by atoms with Crippen LogP contribution in [0.5, 0.6) is 0 Å². The zero-order valence-electron chi connectivity index (χ0n) is 12.6. The monoisotopic (exact) mass is 320 g/mol. The molecule has 0 aromatic heterocycles. The van der Waals surface area contributed by atoms with Crippen LogP contribution in [0.3, 0.4) is 0 Å². The van der Waals surface area contributed by atoms with Crippen LogP contribution in [0.25, 0.3) is 0 Å². The maximum atomic E-state index is 11.8. The number of aliphatic hydroxyl groups excluding tert-OH is 4. The lowest BCUT2D eigenvalue weighted by atomic mass is 10.2. The highest BCUT2D eigenvalue weighted by Crippen LogP contribution is 2.27. The Labute approximate surface area is 128 Å². The van der Waals surface area contributed by atoms with Crippen molar-refractivity contribution in [1.82, 2.24) is 0 Å². The molecule has 0 aromatic rings. The minimum Gasteiger partial charge on any atom is -0.490 e. The van der Waals surface area contributed by atoms with Crippen LogP contribution in [0.4, 0.5) is 0 Å². The molecule has 1 unspecified atom stereocenters. The standard InChI is InChI=1S/C14H24O8/c1-2-3-4-5-20-12-11(10(18)7-16)22-14(19)13(12)21-8-9(17)6-15/h9-11,15-18H,2-8H2,1H3/t9?,10-,11+/m0/s1. The Balaban J connectivity index is 2.79. The quantitative estimate of drug-likeness (QED) is 0.284. The van der Waals surface area contributed by atoms with Gasteiger partial charge in [0.1, 0.15) is 18.8 Å². The molecule has 0 bridgehead atoms. The molecule has 0 spiro atoms. The van der Waals surface area contributed by atoms with E-state index in [1.807, 2.05) is 6.92 Å². The number of hydrogen-bond acceptors (Lipinski definition) is 8. The minimum absolute atomic E-state index is 0.00722. The first-order chi connectivity index (χ1) is 10.5. The van der Waals surface area contributed by atoms with E-state index in [4.69, 9.17) is 24.4 Å². The number of hydrogen-bond donors (Lipinski definition) is 4. The number of cyclic esters (lactones) is 1. The van der Waals surface area contributed by atoms with Crippen molar-refractivity contribution in [2.24, 2.45) is 0 Å². The second-order valence-electron chi connectivity index (χ2n) is 4.97. The highest BCUT2D eigenvalue weighted by Gasteiger charge is 2.42. The van der Waals surface area contributed by atoms with Crippen molar-refractivity contribution in [3.8, 4) is 0 Å². The molecule has 0 amide bonds. The third-order valence-corrected chi connectivity index (χ3v) is 3.07. The first-order valence-electron chi connectivity index (χ1n) is 7.33. The summed E-state index contributed by atoms with van der Waals surface area (Å²) in [6.07, 6.45) is -0.929. The predicted molar refractivity (Wildman–Crippen MR) is 74.5 cm³/mol. The van der Waals surface area contributed by atoms with E-state index in [0.29, 0.717) is 6.61 Å². The Morgan fingerprint density at radius 3 is 2.50 bits per heavy atom. The summed E-state index contributed by atoms with van der Waals surface area (Å²) in [4.78, 5) is 11.8. The highest BCUT2D eigenvalue weighted by molar-refractivity contribution is 5.89. The average Bonchev–Trinajstić information content (AvgIpc) is 2.84. The molecule has 4 N–H and O–H groups in total. The van der Waals surface area contributed by atoms with E-state index in [9.17, 15) is 15.0 Å². The third-order valence-electron chi connectivity index (χ3n) is 3.07. The summed E-state index contributed by atoms with van der Waals surface area (Å²) < 4.78 is 15.6. The van der Waals surface area contributed by atoms with E-state index in [1.165, 1.54) is 0 Å². The van der Waals surface area contributed by atoms with Gasteiger partial charge in [-0.05, 0) is 6.42 Å². The lowest BCUT2D eigenvalue weighted by Gasteiger charge is -2.18. The van der Waals surface area contributed by atoms with Crippen molar-refractivity contribution in [3.63, 3.8) is 0 Å². The van der Waals surface area contributed by atoms with E-state index in [2.05, 4.69) is 0 Å². The number of aliphatic hydroxyl groups is 4. The summed E-state index contributed by atoms with van der Waals surface area (Å²) in [5, 5.41) is 36.8. The van der Waals surface area contributed by atoms with Gasteiger partial charge in [0.15, 0.2) is 11.9 Å². The Kier molecular flexibility index (Phi) is 8.18. The molecule has 8 nitrogen and oxygen atoms in total. The van der Waals surface area contributed by atoms with Gasteiger partial charge < -0.3 is 34.6 Å². The fraction of sp³-hybridized carbons (Fsp3) is 0.786. The number of carbonyl (C=O) groups excluding carboxylic acids is 1. The maximum Gasteiger partial charge on any atom is 0.378 e. The largest absolute Gasteiger partial charge is 0.490 e. The molecule has 1 heterocycles. The van der Waals surface area contributed by atoms with Gasteiger partial charge >= 0.3 is 5.97 Å². The van der Waals surface area contributed by atoms with Crippen molar-refractivity contribution in [2.45, 2.75) is 44.5 Å². The Hall–Kier alpha value is -1.35. The van der Waals surface area contributed by atoms with Gasteiger partial charge in [-0.1, -0.05) is 19.8 Å². The van der Waals surface area contributed by atoms with E-state index in [-0.39, 0.29) is 18.1 Å². The van der Waals surface area contributed by atoms with Gasteiger partial charge in [0.05, 0.1) is 19.8 Å². The van der Waals surface area contributed by atoms with Crippen LogP contribution in [0, 0.1) is 0 Å². The topological polar surface area (TPSA) is 126 Å². The fourth-order valence-corrected chi connectivity index (χ4v) is 1.85. The van der Waals surface area contributed by atoms with Gasteiger partial charge in [-0.25, -0.2) is 4.79 Å². The number of esters is 1. The molecule has 1 rings (SSSR count). The summed E-state index contributed by atoms with van der Waals surface area (Å²) in [6, 6.07) is 0. The third kappa shape index (κ3) is 5.13. The first-order valence-corrected chi connectivity index (χ1v) is 7.33. The molecule has 0 radical (unpaired) electrons. The maximum absolute atomic E-state index is 11.8. The molecular formula is C14H24O8. The molecule has 128 valence electrons. The van der Waals surface area contributed by atoms with Crippen LogP contribution in [-0.4, -0.2) is 71.1 Å². The second kappa shape index (κ2) is 9.62. The van der Waals surface area contributed by atoms with Crippen LogP contribution in [-0.2, 0) is 19.0 Å². The van der Waals surface area contributed by atoms with Crippen molar-refractivity contribution in [3.05, 3.63) is 11.5 Å². The number of carbonyl (C=O) groups is 1. The molecule has 0 fully saturated rings. The second-order valence-corrected chi connectivity index (χ2v) is 4.97. The van der Waals surface area contributed by atoms with Gasteiger partial charge in [-0.15, -0.1) is 0 Å². The SMILES string of the molecule is CCCCCOC1=C(OCC(O)CO)C(=O)O[C@@H]1[C@@H](O)CO. The van der Waals surface area contributed by atoms with Crippen LogP contribution >= 0.6 is 0 Å². The van der Waals surface area contributed by atoms with E-state index in [1.54, 1.807) is 0 Å². The molecule has 1 aliphatic rings. The summed E-state index contributed by atoms with van der Waals surface area (Å²) in [5.74, 6) is -1.08. The Bertz CT molecular complexity index is 381. The molecule has 0 saturated carbocycles. The lowest BCUT2D eigenvalue weighted by molar-refractivity contribution is -0.149. The van der Waals surface area contributed by atoms with Crippen LogP contribution < -0.4 is 0 Å². The normalized spacial score (nSPS) is 20.8. The fourth-order valence-electron chi connectivity index (χ4n) is 1.85. The molecule has 1 aliphatic heterocycles. The van der Waals surface area contributed by atoms with Crippen molar-refractivity contribution in [1.29, 1.82) is 0 Å². The molecule has 0 aliphatic carbocycles. The zero-order valence-corrected chi connectivity index (χ0v) is 12.6. The van der Waals surface area contributed by atoms with Gasteiger partial charge in [0, 0.05) is 0 Å². The summed E-state index contributed by atoms with van der Waals surface area (Å²) in [5.41, 5.74) is 0. The van der Waals surface area contributed by atoms with Crippen molar-refractivity contribution >= 4 is 5.97 Å². The first kappa shape index (κ1) is 18.7. The Morgan fingerprint density at radius 1 is 1.18 bits per heavy atom. The molecule has 22 heavy (non-hydrogen) atoms. The van der Waals surface area contributed by atoms with Gasteiger partial charge in [0.2, 0.25) is 5.76 Å². The highest BCUT2D eigenvalue weighted by atomic mass is 16.6. The van der Waals surface area contributed by atoms with Crippen LogP contribution in [0.2, 0.25) is 0 Å². The molecule has 3 atom stereocenters. The van der Waals surface area contributed by atoms with Crippen LogP contribution in [0.1, 0.15) is 26.2 Å². The minimum atomic E-state index is -1.33. The predicted octanol–water partition coefficient (Wildman–Crippen LogP) is -0.947. The van der Waals surface area contributed by atoms with E-state index >= 15 is 0 Å². The Morgan fingerprint density at radius 2 is 1.91 bits per heavy atom. The van der Waals surface area contributed by atoms with Crippen molar-refractivity contribution in [2.75, 3.05) is 26.4 Å². The summed E-state index contributed by atoms with van der Waals surface area (Å²) in [7, 11) is 0. The molecule has 8 heteroatoms. The molecule has 0 aromatic carbocycles. The van der Waals surface area contributed by atoms with Gasteiger partial charge in [-0.3, -0.25) is 0 Å². The van der Waals surface area contributed by atoms with Crippen molar-refractivity contribution < 1.29 is 39.4 Å². The lowest BCUT2D eigenvalue weighted by Crippen LogP contribution is -2.32. The summed E-state index contributed by atoms with van der Waals surface area (Å²) in [6.45, 7) is 0.906. The molecular weight excluding hydrogens is 296 g/mol.